The van der Waals surface area contributed by atoms with Crippen LogP contribution in [-0.2, 0) is 16.0 Å². The molecule has 0 bridgehead atoms. The fraction of sp³-hybridized carbons (Fsp3) is 0.429. The van der Waals surface area contributed by atoms with Gasteiger partial charge in [0.1, 0.15) is 53.1 Å². The quantitative estimate of drug-likeness (QED) is 0.494. The lowest BCUT2D eigenvalue weighted by atomic mass is 9.98. The number of allylic oxidation sites excluding steroid dienone is 1. The highest BCUT2D eigenvalue weighted by atomic mass is 16.7. The van der Waals surface area contributed by atoms with E-state index in [0.717, 1.165) is 5.57 Å². The van der Waals surface area contributed by atoms with Crippen molar-refractivity contribution < 1.29 is 43.8 Å². The van der Waals surface area contributed by atoms with Crippen LogP contribution in [0.15, 0.2) is 33.0 Å². The number of aryl methyl sites for hydroxylation is 1. The van der Waals surface area contributed by atoms with Crippen LogP contribution in [0.3, 0.4) is 0 Å². The number of ether oxygens (including phenoxy) is 3. The largest absolute Gasteiger partial charge is 0.489 e. The SMILES string of the molecule is CC1=CCc2c(cc3oc(C)cc(=O)c3c2OC2OC(C(=O)O)C(O)C(O)C2O)OC1. The number of aliphatic hydroxyl groups excluding tert-OH is 3. The van der Waals surface area contributed by atoms with Gasteiger partial charge in [-0.1, -0.05) is 6.08 Å². The maximum absolute atomic E-state index is 12.8. The summed E-state index contributed by atoms with van der Waals surface area (Å²) in [6.45, 7) is 3.80. The first-order chi connectivity index (χ1) is 14.7. The van der Waals surface area contributed by atoms with Crippen molar-refractivity contribution in [3.63, 3.8) is 0 Å². The van der Waals surface area contributed by atoms with Crippen molar-refractivity contribution in [2.45, 2.75) is 51.0 Å². The summed E-state index contributed by atoms with van der Waals surface area (Å²) in [5.41, 5.74) is 1.19. The summed E-state index contributed by atoms with van der Waals surface area (Å²) >= 11 is 0. The molecule has 2 aromatic rings. The molecule has 5 unspecified atom stereocenters. The van der Waals surface area contributed by atoms with Gasteiger partial charge in [-0.05, 0) is 25.8 Å². The van der Waals surface area contributed by atoms with Gasteiger partial charge in [-0.3, -0.25) is 4.79 Å². The minimum absolute atomic E-state index is 0.0102. The second kappa shape index (κ2) is 7.97. The number of fused-ring (bicyclic) bond motifs is 2. The highest BCUT2D eigenvalue weighted by Gasteiger charge is 2.48. The van der Waals surface area contributed by atoms with Crippen LogP contribution in [0.4, 0.5) is 0 Å². The summed E-state index contributed by atoms with van der Waals surface area (Å²) in [6.07, 6.45) is -6.79. The molecule has 10 heteroatoms. The van der Waals surface area contributed by atoms with Crippen molar-refractivity contribution in [1.82, 2.24) is 0 Å². The fourth-order valence-corrected chi connectivity index (χ4v) is 3.67. The van der Waals surface area contributed by atoms with Crippen LogP contribution in [0.25, 0.3) is 11.0 Å². The van der Waals surface area contributed by atoms with Crippen molar-refractivity contribution in [2.24, 2.45) is 0 Å². The molecule has 31 heavy (non-hydrogen) atoms. The number of carboxylic acids is 1. The van der Waals surface area contributed by atoms with Gasteiger partial charge in [0.15, 0.2) is 11.5 Å². The van der Waals surface area contributed by atoms with E-state index in [9.17, 15) is 30.0 Å². The third kappa shape index (κ3) is 3.79. The third-order valence-electron chi connectivity index (χ3n) is 5.32. The molecule has 166 valence electrons. The van der Waals surface area contributed by atoms with Gasteiger partial charge in [0.05, 0.1) is 0 Å². The molecule has 2 aliphatic rings. The molecule has 0 amide bonds. The lowest BCUT2D eigenvalue weighted by Gasteiger charge is -2.38. The molecule has 0 aliphatic carbocycles. The standard InChI is InChI=1S/C21H22O10/c1-8-3-4-10-12(28-7-8)6-13-14(11(22)5-9(2)29-13)18(10)30-21-17(25)15(23)16(24)19(31-21)20(26)27/h3,5-6,15-17,19,21,23-25H,4,7H2,1-2H3,(H,26,27). The summed E-state index contributed by atoms with van der Waals surface area (Å²) in [5, 5.41) is 39.7. The van der Waals surface area contributed by atoms with E-state index in [1.54, 1.807) is 13.0 Å². The Hall–Kier alpha value is -2.92. The van der Waals surface area contributed by atoms with Crippen molar-refractivity contribution in [1.29, 1.82) is 0 Å². The van der Waals surface area contributed by atoms with Crippen molar-refractivity contribution >= 4 is 16.9 Å². The average molecular weight is 434 g/mol. The van der Waals surface area contributed by atoms with Crippen LogP contribution in [0.1, 0.15) is 18.2 Å². The summed E-state index contributed by atoms with van der Waals surface area (Å²) in [5.74, 6) is -0.792. The number of aliphatic carboxylic acids is 1. The topological polar surface area (TPSA) is 156 Å². The van der Waals surface area contributed by atoms with Crippen LogP contribution in [0, 0.1) is 6.92 Å². The average Bonchev–Trinajstić information content (AvgIpc) is 2.89. The molecule has 10 nitrogen and oxygen atoms in total. The molecule has 0 radical (unpaired) electrons. The number of hydrogen-bond acceptors (Lipinski definition) is 9. The Morgan fingerprint density at radius 2 is 1.87 bits per heavy atom. The highest BCUT2D eigenvalue weighted by Crippen LogP contribution is 2.39. The Morgan fingerprint density at radius 3 is 2.58 bits per heavy atom. The van der Waals surface area contributed by atoms with E-state index in [1.807, 2.05) is 13.0 Å². The molecule has 1 aromatic heterocycles. The lowest BCUT2D eigenvalue weighted by molar-refractivity contribution is -0.271. The maximum Gasteiger partial charge on any atom is 0.335 e. The van der Waals surface area contributed by atoms with E-state index in [0.29, 0.717) is 30.1 Å². The molecule has 5 atom stereocenters. The Balaban J connectivity index is 1.86. The molecular formula is C21H22O10. The second-order valence-electron chi connectivity index (χ2n) is 7.67. The number of aliphatic hydroxyl groups is 3. The second-order valence-corrected chi connectivity index (χ2v) is 7.67. The van der Waals surface area contributed by atoms with Gasteiger partial charge in [0.25, 0.3) is 0 Å². The number of rotatable bonds is 3. The Kier molecular flexibility index (Phi) is 5.48. The third-order valence-corrected chi connectivity index (χ3v) is 5.32. The van der Waals surface area contributed by atoms with Gasteiger partial charge in [-0.25, -0.2) is 4.79 Å². The molecule has 3 heterocycles. The normalized spacial score (nSPS) is 28.3. The molecule has 4 rings (SSSR count). The van der Waals surface area contributed by atoms with Crippen LogP contribution in [0.5, 0.6) is 11.5 Å². The molecule has 0 saturated carbocycles. The van der Waals surface area contributed by atoms with Crippen LogP contribution < -0.4 is 14.9 Å². The summed E-state index contributed by atoms with van der Waals surface area (Å²) in [7, 11) is 0. The van der Waals surface area contributed by atoms with Gasteiger partial charge in [-0.2, -0.15) is 0 Å². The van der Waals surface area contributed by atoms with Gasteiger partial charge in [-0.15, -0.1) is 0 Å². The fourth-order valence-electron chi connectivity index (χ4n) is 3.67. The number of carboxylic acid groups (broad SMARTS) is 1. The molecular weight excluding hydrogens is 412 g/mol. The zero-order valence-electron chi connectivity index (χ0n) is 16.8. The Morgan fingerprint density at radius 1 is 1.13 bits per heavy atom. The molecule has 1 saturated heterocycles. The van der Waals surface area contributed by atoms with Crippen LogP contribution in [-0.4, -0.2) is 63.7 Å². The molecule has 1 fully saturated rings. The number of benzene rings is 1. The van der Waals surface area contributed by atoms with Crippen LogP contribution in [0.2, 0.25) is 0 Å². The lowest BCUT2D eigenvalue weighted by Crippen LogP contribution is -2.61. The first kappa shape index (κ1) is 21.3. The Bertz CT molecular complexity index is 1120. The van der Waals surface area contributed by atoms with Gasteiger partial charge in [0, 0.05) is 17.7 Å². The summed E-state index contributed by atoms with van der Waals surface area (Å²) in [4.78, 5) is 24.2. The molecule has 1 aromatic carbocycles. The van der Waals surface area contributed by atoms with E-state index in [2.05, 4.69) is 0 Å². The zero-order chi connectivity index (χ0) is 22.4. The highest BCUT2D eigenvalue weighted by molar-refractivity contribution is 5.87. The van der Waals surface area contributed by atoms with Crippen molar-refractivity contribution in [2.75, 3.05) is 6.61 Å². The molecule has 4 N–H and O–H groups in total. The monoisotopic (exact) mass is 434 g/mol. The minimum Gasteiger partial charge on any atom is -0.489 e. The molecule has 0 spiro atoms. The van der Waals surface area contributed by atoms with E-state index in [4.69, 9.17) is 18.6 Å². The smallest absolute Gasteiger partial charge is 0.335 e. The van der Waals surface area contributed by atoms with E-state index >= 15 is 0 Å². The van der Waals surface area contributed by atoms with Crippen molar-refractivity contribution in [3.8, 4) is 11.5 Å². The van der Waals surface area contributed by atoms with Gasteiger partial charge in [0.2, 0.25) is 6.29 Å². The van der Waals surface area contributed by atoms with E-state index in [-0.39, 0.29) is 16.7 Å². The summed E-state index contributed by atoms with van der Waals surface area (Å²) < 4.78 is 22.5. The van der Waals surface area contributed by atoms with E-state index < -0.39 is 42.1 Å². The number of carbonyl (C=O) groups is 1. The zero-order valence-corrected chi connectivity index (χ0v) is 16.8. The number of hydrogen-bond donors (Lipinski definition) is 4. The maximum atomic E-state index is 12.8. The van der Waals surface area contributed by atoms with E-state index in [1.165, 1.54) is 6.07 Å². The van der Waals surface area contributed by atoms with Gasteiger partial charge < -0.3 is 39.1 Å². The van der Waals surface area contributed by atoms with Gasteiger partial charge >= 0.3 is 5.97 Å². The predicted molar refractivity (Wildman–Crippen MR) is 105 cm³/mol. The van der Waals surface area contributed by atoms with Crippen molar-refractivity contribution in [3.05, 3.63) is 45.3 Å². The minimum atomic E-state index is -1.86. The summed E-state index contributed by atoms with van der Waals surface area (Å²) in [6, 6.07) is 2.85. The first-order valence-corrected chi connectivity index (χ1v) is 9.65. The predicted octanol–water partition coefficient (Wildman–Crippen LogP) is 0.254. The van der Waals surface area contributed by atoms with Crippen LogP contribution >= 0.6 is 0 Å². The Labute approximate surface area is 175 Å². The molecule has 2 aliphatic heterocycles. The first-order valence-electron chi connectivity index (χ1n) is 9.65.